The fourth-order valence-electron chi connectivity index (χ4n) is 3.16. The molecule has 2 aromatic rings. The topological polar surface area (TPSA) is 66.4 Å². The molecule has 1 saturated heterocycles. The van der Waals surface area contributed by atoms with E-state index in [0.29, 0.717) is 11.5 Å². The van der Waals surface area contributed by atoms with E-state index in [-0.39, 0.29) is 32.1 Å². The number of piperazine rings is 1. The molecule has 2 aliphatic rings. The molecule has 140 valence electrons. The Morgan fingerprint density at radius 1 is 0.889 bits per heavy atom. The number of aromatic nitrogens is 2. The first-order valence-electron chi connectivity index (χ1n) is 8.89. The number of nitrogens with zero attached hydrogens (tertiary/aromatic N) is 4. The van der Waals surface area contributed by atoms with Gasteiger partial charge in [-0.05, 0) is 25.0 Å². The molecule has 2 heterocycles. The van der Waals surface area contributed by atoms with Gasteiger partial charge in [-0.15, -0.1) is 0 Å². The fourth-order valence-corrected chi connectivity index (χ4v) is 3.16. The van der Waals surface area contributed by atoms with Crippen molar-refractivity contribution in [1.82, 2.24) is 19.8 Å². The van der Waals surface area contributed by atoms with Crippen molar-refractivity contribution in [3.8, 4) is 0 Å². The summed E-state index contributed by atoms with van der Waals surface area (Å²) < 4.78 is 27.6. The van der Waals surface area contributed by atoms with Crippen molar-refractivity contribution in [3.05, 3.63) is 59.2 Å². The Balaban J connectivity index is 1.39. The van der Waals surface area contributed by atoms with Crippen LogP contribution in [0, 0.1) is 11.6 Å². The number of amides is 2. The zero-order valence-corrected chi connectivity index (χ0v) is 14.6. The molecule has 6 nitrogen and oxygen atoms in total. The molecule has 8 heteroatoms. The Morgan fingerprint density at radius 3 is 1.93 bits per heavy atom. The van der Waals surface area contributed by atoms with E-state index in [2.05, 4.69) is 9.97 Å². The van der Waals surface area contributed by atoms with Gasteiger partial charge in [0.15, 0.2) is 0 Å². The highest BCUT2D eigenvalue weighted by Gasteiger charge is 2.30. The number of carbonyl (C=O) groups is 2. The molecule has 1 saturated carbocycles. The average Bonchev–Trinajstić information content (AvgIpc) is 3.53. The summed E-state index contributed by atoms with van der Waals surface area (Å²) in [7, 11) is 0. The predicted molar refractivity (Wildman–Crippen MR) is 92.2 cm³/mol. The molecule has 2 fully saturated rings. The van der Waals surface area contributed by atoms with Gasteiger partial charge in [0, 0.05) is 44.5 Å². The maximum atomic E-state index is 13.8. The van der Waals surface area contributed by atoms with Gasteiger partial charge in [0.1, 0.15) is 23.0 Å². The van der Waals surface area contributed by atoms with E-state index in [1.807, 2.05) is 0 Å². The lowest BCUT2D eigenvalue weighted by molar-refractivity contribution is 0.0529. The van der Waals surface area contributed by atoms with E-state index in [9.17, 15) is 18.4 Å². The lowest BCUT2D eigenvalue weighted by atomic mass is 10.1. The number of hydrogen-bond acceptors (Lipinski definition) is 4. The van der Waals surface area contributed by atoms with E-state index in [0.717, 1.165) is 30.8 Å². The third-order valence-electron chi connectivity index (χ3n) is 4.89. The van der Waals surface area contributed by atoms with E-state index in [1.165, 1.54) is 23.4 Å². The minimum atomic E-state index is -0.883. The first-order chi connectivity index (χ1) is 13.0. The Morgan fingerprint density at radius 2 is 1.41 bits per heavy atom. The summed E-state index contributed by atoms with van der Waals surface area (Å²) in [4.78, 5) is 36.4. The normalized spacial score (nSPS) is 17.1. The molecule has 0 radical (unpaired) electrons. The standard InChI is InChI=1S/C19H18F2N4O2/c20-14-2-1-3-15(21)16(14)19(27)25-8-6-24(7-9-25)18(26)13-10-22-17(23-11-13)12-4-5-12/h1-3,10-12H,4-9H2. The summed E-state index contributed by atoms with van der Waals surface area (Å²) in [5.74, 6) is -1.48. The minimum Gasteiger partial charge on any atom is -0.335 e. The van der Waals surface area contributed by atoms with Crippen LogP contribution in [0.15, 0.2) is 30.6 Å². The fraction of sp³-hybridized carbons (Fsp3) is 0.368. The van der Waals surface area contributed by atoms with Crippen LogP contribution in [-0.4, -0.2) is 57.8 Å². The molecule has 1 aliphatic heterocycles. The Hall–Kier alpha value is -2.90. The number of rotatable bonds is 3. The highest BCUT2D eigenvalue weighted by atomic mass is 19.1. The highest BCUT2D eigenvalue weighted by Crippen LogP contribution is 2.37. The molecule has 0 atom stereocenters. The summed E-state index contributed by atoms with van der Waals surface area (Å²) >= 11 is 0. The third-order valence-corrected chi connectivity index (χ3v) is 4.89. The lowest BCUT2D eigenvalue weighted by Crippen LogP contribution is -2.50. The Labute approximate surface area is 154 Å². The lowest BCUT2D eigenvalue weighted by Gasteiger charge is -2.34. The van der Waals surface area contributed by atoms with Crippen LogP contribution in [-0.2, 0) is 0 Å². The molecular formula is C19H18F2N4O2. The van der Waals surface area contributed by atoms with Gasteiger partial charge in [0.2, 0.25) is 0 Å². The number of benzene rings is 1. The summed E-state index contributed by atoms with van der Waals surface area (Å²) in [6.45, 7) is 0.981. The molecular weight excluding hydrogens is 354 g/mol. The summed E-state index contributed by atoms with van der Waals surface area (Å²) in [5, 5.41) is 0. The van der Waals surface area contributed by atoms with Crippen LogP contribution in [0.4, 0.5) is 8.78 Å². The van der Waals surface area contributed by atoms with Gasteiger partial charge in [-0.25, -0.2) is 18.7 Å². The van der Waals surface area contributed by atoms with Gasteiger partial charge in [0.25, 0.3) is 11.8 Å². The molecule has 27 heavy (non-hydrogen) atoms. The first-order valence-corrected chi connectivity index (χ1v) is 8.89. The monoisotopic (exact) mass is 372 g/mol. The molecule has 0 bridgehead atoms. The Kier molecular flexibility index (Phi) is 4.55. The minimum absolute atomic E-state index is 0.207. The summed E-state index contributed by atoms with van der Waals surface area (Å²) in [6.07, 6.45) is 5.25. The van der Waals surface area contributed by atoms with Crippen molar-refractivity contribution >= 4 is 11.8 Å². The van der Waals surface area contributed by atoms with Gasteiger partial charge < -0.3 is 9.80 Å². The molecule has 0 spiro atoms. The van der Waals surface area contributed by atoms with Crippen molar-refractivity contribution in [2.45, 2.75) is 18.8 Å². The van der Waals surface area contributed by atoms with E-state index >= 15 is 0 Å². The van der Waals surface area contributed by atoms with Crippen LogP contribution < -0.4 is 0 Å². The summed E-state index contributed by atoms with van der Waals surface area (Å²) in [5.41, 5.74) is -0.152. The SMILES string of the molecule is O=C(c1cnc(C2CC2)nc1)N1CCN(C(=O)c2c(F)cccc2F)CC1. The van der Waals surface area contributed by atoms with Crippen LogP contribution in [0.25, 0.3) is 0 Å². The second-order valence-corrected chi connectivity index (χ2v) is 6.79. The van der Waals surface area contributed by atoms with E-state index in [1.54, 1.807) is 4.90 Å². The van der Waals surface area contributed by atoms with E-state index < -0.39 is 23.1 Å². The molecule has 1 aromatic heterocycles. The van der Waals surface area contributed by atoms with Crippen LogP contribution in [0.5, 0.6) is 0 Å². The van der Waals surface area contributed by atoms with Gasteiger partial charge in [-0.2, -0.15) is 0 Å². The van der Waals surface area contributed by atoms with Gasteiger partial charge in [0.05, 0.1) is 5.56 Å². The van der Waals surface area contributed by atoms with Gasteiger partial charge >= 0.3 is 0 Å². The third kappa shape index (κ3) is 3.51. The summed E-state index contributed by atoms with van der Waals surface area (Å²) in [6, 6.07) is 3.33. The maximum absolute atomic E-state index is 13.8. The maximum Gasteiger partial charge on any atom is 0.259 e. The molecule has 1 aromatic carbocycles. The quantitative estimate of drug-likeness (QED) is 0.829. The van der Waals surface area contributed by atoms with Crippen LogP contribution >= 0.6 is 0 Å². The second-order valence-electron chi connectivity index (χ2n) is 6.79. The number of hydrogen-bond donors (Lipinski definition) is 0. The van der Waals surface area contributed by atoms with Crippen molar-refractivity contribution < 1.29 is 18.4 Å². The van der Waals surface area contributed by atoms with Crippen molar-refractivity contribution in [2.75, 3.05) is 26.2 Å². The van der Waals surface area contributed by atoms with E-state index in [4.69, 9.17) is 0 Å². The largest absolute Gasteiger partial charge is 0.335 e. The molecule has 0 unspecified atom stereocenters. The highest BCUT2D eigenvalue weighted by molar-refractivity contribution is 5.96. The van der Waals surface area contributed by atoms with Crippen LogP contribution in [0.2, 0.25) is 0 Å². The zero-order valence-electron chi connectivity index (χ0n) is 14.6. The van der Waals surface area contributed by atoms with Crippen molar-refractivity contribution in [2.24, 2.45) is 0 Å². The molecule has 1 aliphatic carbocycles. The van der Waals surface area contributed by atoms with Crippen molar-refractivity contribution in [1.29, 1.82) is 0 Å². The number of halogens is 2. The van der Waals surface area contributed by atoms with Crippen LogP contribution in [0.3, 0.4) is 0 Å². The molecule has 4 rings (SSSR count). The zero-order chi connectivity index (χ0) is 19.0. The van der Waals surface area contributed by atoms with Crippen LogP contribution in [0.1, 0.15) is 45.3 Å². The Bertz CT molecular complexity index is 856. The second kappa shape index (κ2) is 7.02. The van der Waals surface area contributed by atoms with Gasteiger partial charge in [-0.3, -0.25) is 9.59 Å². The number of carbonyl (C=O) groups excluding carboxylic acids is 2. The average molecular weight is 372 g/mol. The first kappa shape index (κ1) is 17.5. The molecule has 0 N–H and O–H groups in total. The predicted octanol–water partition coefficient (Wildman–Crippen LogP) is 2.23. The molecule has 2 amide bonds. The van der Waals surface area contributed by atoms with Crippen molar-refractivity contribution in [3.63, 3.8) is 0 Å². The smallest absolute Gasteiger partial charge is 0.259 e. The van der Waals surface area contributed by atoms with Gasteiger partial charge in [-0.1, -0.05) is 6.07 Å².